The number of aliphatic hydroxyl groups is 1. The zero-order chi connectivity index (χ0) is 15.4. The molecule has 8 nitrogen and oxygen atoms in total. The molecule has 1 unspecified atom stereocenters. The van der Waals surface area contributed by atoms with Crippen molar-refractivity contribution in [1.29, 1.82) is 0 Å². The molecule has 2 aromatic rings. The molecule has 2 N–H and O–H groups in total. The number of aromatic nitrogens is 2. The molecule has 110 valence electrons. The predicted molar refractivity (Wildman–Crippen MR) is 74.6 cm³/mol. The Bertz CT molecular complexity index is 666. The van der Waals surface area contributed by atoms with Gasteiger partial charge in [-0.1, -0.05) is 18.2 Å². The molecule has 1 aromatic heterocycles. The topological polar surface area (TPSA) is 110 Å². The van der Waals surface area contributed by atoms with Crippen LogP contribution in [0.1, 0.15) is 18.6 Å². The highest BCUT2D eigenvalue weighted by Crippen LogP contribution is 2.22. The van der Waals surface area contributed by atoms with Crippen molar-refractivity contribution in [2.24, 2.45) is 0 Å². The second-order valence-corrected chi connectivity index (χ2v) is 4.44. The molecular weight excluding hydrogens is 276 g/mol. The fraction of sp³-hybridized carbons (Fsp3) is 0.231. The van der Waals surface area contributed by atoms with Crippen LogP contribution in [0.3, 0.4) is 0 Å². The number of nitrogens with one attached hydrogen (secondary N) is 1. The molecule has 0 aliphatic carbocycles. The maximum atomic E-state index is 11.9. The standard InChI is InChI=1S/C13H14N4O4/c1-9(18)10-4-2-3-5-11(10)14-13(19)8-16-7-6-12(15-16)17(20)21/h2-7,9,18H,8H2,1H3,(H,14,19). The lowest BCUT2D eigenvalue weighted by Gasteiger charge is -2.12. The lowest BCUT2D eigenvalue weighted by molar-refractivity contribution is -0.389. The Morgan fingerprint density at radius 3 is 2.81 bits per heavy atom. The van der Waals surface area contributed by atoms with E-state index >= 15 is 0 Å². The van der Waals surface area contributed by atoms with Crippen molar-refractivity contribution in [3.8, 4) is 0 Å². The number of anilines is 1. The molecule has 0 spiro atoms. The quantitative estimate of drug-likeness (QED) is 0.640. The van der Waals surface area contributed by atoms with E-state index < -0.39 is 11.0 Å². The third-order valence-electron chi connectivity index (χ3n) is 2.80. The number of amides is 1. The van der Waals surface area contributed by atoms with Gasteiger partial charge in [0, 0.05) is 11.3 Å². The Kier molecular flexibility index (Phi) is 4.29. The fourth-order valence-corrected chi connectivity index (χ4v) is 1.85. The fourth-order valence-electron chi connectivity index (χ4n) is 1.85. The van der Waals surface area contributed by atoms with E-state index in [9.17, 15) is 20.0 Å². The van der Waals surface area contributed by atoms with Crippen LogP contribution in [0.5, 0.6) is 0 Å². The first-order valence-corrected chi connectivity index (χ1v) is 6.22. The number of nitrogens with zero attached hydrogens (tertiary/aromatic N) is 3. The molecule has 1 atom stereocenters. The first-order valence-electron chi connectivity index (χ1n) is 6.22. The van der Waals surface area contributed by atoms with Crippen molar-refractivity contribution < 1.29 is 14.8 Å². The average molecular weight is 290 g/mol. The normalized spacial score (nSPS) is 11.9. The first kappa shape index (κ1) is 14.7. The highest BCUT2D eigenvalue weighted by molar-refractivity contribution is 5.91. The largest absolute Gasteiger partial charge is 0.389 e. The number of nitro groups is 1. The van der Waals surface area contributed by atoms with Crippen LogP contribution in [-0.4, -0.2) is 25.7 Å². The van der Waals surface area contributed by atoms with Crippen LogP contribution in [-0.2, 0) is 11.3 Å². The molecule has 0 aliphatic rings. The molecule has 1 heterocycles. The van der Waals surface area contributed by atoms with Crippen molar-refractivity contribution in [3.63, 3.8) is 0 Å². The Balaban J connectivity index is 2.06. The number of rotatable bonds is 5. The van der Waals surface area contributed by atoms with Gasteiger partial charge in [0.1, 0.15) is 6.54 Å². The molecule has 0 aliphatic heterocycles. The van der Waals surface area contributed by atoms with Crippen LogP contribution in [0.4, 0.5) is 11.5 Å². The van der Waals surface area contributed by atoms with Gasteiger partial charge < -0.3 is 20.5 Å². The lowest BCUT2D eigenvalue weighted by atomic mass is 10.1. The lowest BCUT2D eigenvalue weighted by Crippen LogP contribution is -2.20. The summed E-state index contributed by atoms with van der Waals surface area (Å²) in [6.45, 7) is 1.45. The highest BCUT2D eigenvalue weighted by atomic mass is 16.6. The van der Waals surface area contributed by atoms with Gasteiger partial charge in [-0.3, -0.25) is 4.79 Å². The summed E-state index contributed by atoms with van der Waals surface area (Å²) in [5, 5.41) is 26.4. The smallest absolute Gasteiger partial charge is 0.389 e. The number of carbonyl (C=O) groups is 1. The van der Waals surface area contributed by atoms with Gasteiger partial charge >= 0.3 is 5.82 Å². The molecule has 0 saturated carbocycles. The number of aliphatic hydroxyl groups excluding tert-OH is 1. The zero-order valence-corrected chi connectivity index (χ0v) is 11.3. The summed E-state index contributed by atoms with van der Waals surface area (Å²) in [5.74, 6) is -0.701. The van der Waals surface area contributed by atoms with Gasteiger partial charge in [-0.2, -0.15) is 4.68 Å². The van der Waals surface area contributed by atoms with E-state index in [-0.39, 0.29) is 18.3 Å². The first-order chi connectivity index (χ1) is 9.97. The van der Waals surface area contributed by atoms with E-state index in [0.29, 0.717) is 11.3 Å². The number of carbonyl (C=O) groups excluding carboxylic acids is 1. The van der Waals surface area contributed by atoms with Gasteiger partial charge in [0.15, 0.2) is 0 Å². The summed E-state index contributed by atoms with van der Waals surface area (Å²) in [6, 6.07) is 8.09. The molecule has 0 bridgehead atoms. The van der Waals surface area contributed by atoms with E-state index in [0.717, 1.165) is 0 Å². The maximum Gasteiger partial charge on any atom is 0.389 e. The number of hydrogen-bond acceptors (Lipinski definition) is 5. The number of para-hydroxylation sites is 1. The van der Waals surface area contributed by atoms with Crippen molar-refractivity contribution in [3.05, 3.63) is 52.2 Å². The van der Waals surface area contributed by atoms with Crippen molar-refractivity contribution in [2.45, 2.75) is 19.6 Å². The van der Waals surface area contributed by atoms with Crippen molar-refractivity contribution in [2.75, 3.05) is 5.32 Å². The number of benzene rings is 1. The minimum Gasteiger partial charge on any atom is -0.389 e. The summed E-state index contributed by atoms with van der Waals surface area (Å²) in [4.78, 5) is 21.8. The monoisotopic (exact) mass is 290 g/mol. The average Bonchev–Trinajstić information content (AvgIpc) is 2.87. The molecule has 0 radical (unpaired) electrons. The SMILES string of the molecule is CC(O)c1ccccc1NC(=O)Cn1ccc([N+](=O)[O-])n1. The second kappa shape index (κ2) is 6.14. The van der Waals surface area contributed by atoms with E-state index in [2.05, 4.69) is 10.4 Å². The Morgan fingerprint density at radius 1 is 1.48 bits per heavy atom. The summed E-state index contributed by atoms with van der Waals surface area (Å²) in [5.41, 5.74) is 1.09. The van der Waals surface area contributed by atoms with Crippen LogP contribution in [0.15, 0.2) is 36.5 Å². The zero-order valence-electron chi connectivity index (χ0n) is 11.3. The van der Waals surface area contributed by atoms with Gasteiger partial charge in [0.25, 0.3) is 0 Å². The van der Waals surface area contributed by atoms with Gasteiger partial charge in [0.2, 0.25) is 5.91 Å². The molecule has 1 aromatic carbocycles. The summed E-state index contributed by atoms with van der Waals surface area (Å²) >= 11 is 0. The van der Waals surface area contributed by atoms with E-state index in [1.54, 1.807) is 31.2 Å². The summed E-state index contributed by atoms with van der Waals surface area (Å²) in [7, 11) is 0. The third kappa shape index (κ3) is 3.63. The van der Waals surface area contributed by atoms with Gasteiger partial charge in [0.05, 0.1) is 23.5 Å². The Morgan fingerprint density at radius 2 is 2.19 bits per heavy atom. The second-order valence-electron chi connectivity index (χ2n) is 4.44. The van der Waals surface area contributed by atoms with E-state index in [1.807, 2.05) is 0 Å². The van der Waals surface area contributed by atoms with Gasteiger partial charge in [-0.15, -0.1) is 0 Å². The molecule has 0 fully saturated rings. The Labute approximate surface area is 120 Å². The van der Waals surface area contributed by atoms with Crippen LogP contribution >= 0.6 is 0 Å². The molecule has 2 rings (SSSR count). The third-order valence-corrected chi connectivity index (χ3v) is 2.80. The maximum absolute atomic E-state index is 11.9. The molecular formula is C13H14N4O4. The predicted octanol–water partition coefficient (Wildman–Crippen LogP) is 1.48. The minimum atomic E-state index is -0.715. The van der Waals surface area contributed by atoms with Crippen LogP contribution in [0, 0.1) is 10.1 Å². The molecule has 1 amide bonds. The summed E-state index contributed by atoms with van der Waals surface area (Å²) < 4.78 is 1.18. The molecule has 8 heteroatoms. The minimum absolute atomic E-state index is 0.151. The van der Waals surface area contributed by atoms with Crippen LogP contribution in [0.25, 0.3) is 0 Å². The van der Waals surface area contributed by atoms with E-state index in [4.69, 9.17) is 0 Å². The highest BCUT2D eigenvalue weighted by Gasteiger charge is 2.15. The van der Waals surface area contributed by atoms with Gasteiger partial charge in [-0.25, -0.2) is 0 Å². The van der Waals surface area contributed by atoms with Crippen molar-refractivity contribution in [1.82, 2.24) is 9.78 Å². The summed E-state index contributed by atoms with van der Waals surface area (Å²) in [6.07, 6.45) is 0.644. The van der Waals surface area contributed by atoms with Crippen LogP contribution in [0.2, 0.25) is 0 Å². The van der Waals surface area contributed by atoms with E-state index in [1.165, 1.54) is 16.9 Å². The number of hydrogen-bond donors (Lipinski definition) is 2. The molecule has 21 heavy (non-hydrogen) atoms. The van der Waals surface area contributed by atoms with Crippen LogP contribution < -0.4 is 5.32 Å². The van der Waals surface area contributed by atoms with Crippen molar-refractivity contribution >= 4 is 17.4 Å². The molecule has 0 saturated heterocycles. The van der Waals surface area contributed by atoms with Gasteiger partial charge in [-0.05, 0) is 17.9 Å². The Hall–Kier alpha value is -2.74.